The molecule has 0 radical (unpaired) electrons. The van der Waals surface area contributed by atoms with E-state index in [4.69, 9.17) is 17.0 Å². The van der Waals surface area contributed by atoms with Gasteiger partial charge in [0.25, 0.3) is 0 Å². The van der Waals surface area contributed by atoms with Gasteiger partial charge in [0.1, 0.15) is 5.75 Å². The number of aromatic nitrogens is 2. The normalized spacial score (nSPS) is 10.2. The van der Waals surface area contributed by atoms with Gasteiger partial charge in [-0.15, -0.1) is 0 Å². The molecule has 6 heteroatoms. The van der Waals surface area contributed by atoms with Crippen LogP contribution in [-0.2, 0) is 6.54 Å². The van der Waals surface area contributed by atoms with Crippen molar-refractivity contribution in [2.24, 2.45) is 0 Å². The van der Waals surface area contributed by atoms with Crippen LogP contribution in [0.2, 0.25) is 0 Å². The molecular formula is C20H20N4OS. The first-order valence-electron chi connectivity index (χ1n) is 8.27. The Kier molecular flexibility index (Phi) is 5.76. The van der Waals surface area contributed by atoms with Crippen molar-refractivity contribution in [1.82, 2.24) is 15.3 Å². The van der Waals surface area contributed by atoms with Gasteiger partial charge in [0.05, 0.1) is 0 Å². The number of nitrogens with one attached hydrogen (secondary N) is 2. The second-order valence-corrected chi connectivity index (χ2v) is 6.29. The summed E-state index contributed by atoms with van der Waals surface area (Å²) in [6.07, 6.45) is 0. The molecule has 132 valence electrons. The lowest BCUT2D eigenvalue weighted by atomic mass is 10.1. The Balaban J connectivity index is 1.61. The molecule has 0 atom stereocenters. The summed E-state index contributed by atoms with van der Waals surface area (Å²) >= 11 is 5.33. The van der Waals surface area contributed by atoms with E-state index in [2.05, 4.69) is 51.8 Å². The molecule has 0 amide bonds. The van der Waals surface area contributed by atoms with Gasteiger partial charge in [-0.2, -0.15) is 4.98 Å². The first-order valence-corrected chi connectivity index (χ1v) is 8.68. The number of para-hydroxylation sites is 1. The summed E-state index contributed by atoms with van der Waals surface area (Å²) in [6.45, 7) is 4.58. The predicted molar refractivity (Wildman–Crippen MR) is 108 cm³/mol. The minimum Gasteiger partial charge on any atom is -0.439 e. The third kappa shape index (κ3) is 5.26. The van der Waals surface area contributed by atoms with Crippen molar-refractivity contribution < 1.29 is 4.74 Å². The standard InChI is InChI=1S/C20H20N4OS/c1-14-8-10-16(11-9-14)13-21-20(26)24-19-22-15(2)12-18(23-19)25-17-6-4-3-5-7-17/h3-12H,13H2,1-2H3,(H2,21,22,23,24,26). The molecular weight excluding hydrogens is 344 g/mol. The molecule has 26 heavy (non-hydrogen) atoms. The van der Waals surface area contributed by atoms with E-state index in [9.17, 15) is 0 Å². The van der Waals surface area contributed by atoms with E-state index in [-0.39, 0.29) is 0 Å². The molecule has 5 nitrogen and oxygen atoms in total. The van der Waals surface area contributed by atoms with Gasteiger partial charge in [-0.05, 0) is 43.8 Å². The molecule has 0 saturated heterocycles. The van der Waals surface area contributed by atoms with Crippen LogP contribution in [0.3, 0.4) is 0 Å². The molecule has 0 aliphatic carbocycles. The monoisotopic (exact) mass is 364 g/mol. The maximum atomic E-state index is 5.77. The van der Waals surface area contributed by atoms with Gasteiger partial charge in [-0.3, -0.25) is 0 Å². The van der Waals surface area contributed by atoms with Gasteiger partial charge in [-0.1, -0.05) is 48.0 Å². The summed E-state index contributed by atoms with van der Waals surface area (Å²) in [5.74, 6) is 1.58. The van der Waals surface area contributed by atoms with E-state index in [1.165, 1.54) is 5.56 Å². The van der Waals surface area contributed by atoms with Crippen LogP contribution >= 0.6 is 12.2 Å². The summed E-state index contributed by atoms with van der Waals surface area (Å²) in [5.41, 5.74) is 3.17. The largest absolute Gasteiger partial charge is 0.439 e. The van der Waals surface area contributed by atoms with Crippen LogP contribution in [0.1, 0.15) is 16.8 Å². The molecule has 1 heterocycles. The SMILES string of the molecule is Cc1ccc(CNC(=S)Nc2nc(C)cc(Oc3ccccc3)n2)cc1. The Hall–Kier alpha value is -2.99. The Labute approximate surface area is 158 Å². The fraction of sp³-hybridized carbons (Fsp3) is 0.150. The molecule has 3 rings (SSSR count). The lowest BCUT2D eigenvalue weighted by molar-refractivity contribution is 0.462. The maximum Gasteiger partial charge on any atom is 0.232 e. The quantitative estimate of drug-likeness (QED) is 0.656. The molecule has 0 bridgehead atoms. The number of anilines is 1. The van der Waals surface area contributed by atoms with E-state index in [1.54, 1.807) is 6.07 Å². The number of benzene rings is 2. The van der Waals surface area contributed by atoms with E-state index >= 15 is 0 Å². The van der Waals surface area contributed by atoms with Crippen molar-refractivity contribution >= 4 is 23.3 Å². The third-order valence-electron chi connectivity index (χ3n) is 3.60. The Morgan fingerprint density at radius 1 is 1.00 bits per heavy atom. The fourth-order valence-corrected chi connectivity index (χ4v) is 2.45. The molecule has 0 aliphatic heterocycles. The van der Waals surface area contributed by atoms with Crippen molar-refractivity contribution in [3.8, 4) is 11.6 Å². The summed E-state index contributed by atoms with van der Waals surface area (Å²) in [4.78, 5) is 8.72. The number of hydrogen-bond donors (Lipinski definition) is 2. The molecule has 0 unspecified atom stereocenters. The van der Waals surface area contributed by atoms with Crippen LogP contribution < -0.4 is 15.4 Å². The van der Waals surface area contributed by atoms with Crippen molar-refractivity contribution in [2.75, 3.05) is 5.32 Å². The lowest BCUT2D eigenvalue weighted by Crippen LogP contribution is -2.28. The highest BCUT2D eigenvalue weighted by molar-refractivity contribution is 7.80. The smallest absolute Gasteiger partial charge is 0.232 e. The van der Waals surface area contributed by atoms with E-state index in [0.717, 1.165) is 17.0 Å². The van der Waals surface area contributed by atoms with Crippen LogP contribution in [-0.4, -0.2) is 15.1 Å². The molecule has 0 saturated carbocycles. The average Bonchev–Trinajstić information content (AvgIpc) is 2.61. The molecule has 2 aromatic carbocycles. The second kappa shape index (κ2) is 8.40. The highest BCUT2D eigenvalue weighted by Gasteiger charge is 2.06. The zero-order chi connectivity index (χ0) is 18.4. The molecule has 0 spiro atoms. The van der Waals surface area contributed by atoms with E-state index in [1.807, 2.05) is 37.3 Å². The molecule has 1 aromatic heterocycles. The zero-order valence-corrected chi connectivity index (χ0v) is 15.5. The number of thiocarbonyl (C=S) groups is 1. The van der Waals surface area contributed by atoms with Crippen LogP contribution in [0.4, 0.5) is 5.95 Å². The minimum atomic E-state index is 0.400. The molecule has 2 N–H and O–H groups in total. The van der Waals surface area contributed by atoms with Gasteiger partial charge >= 0.3 is 0 Å². The molecule has 3 aromatic rings. The zero-order valence-electron chi connectivity index (χ0n) is 14.7. The van der Waals surface area contributed by atoms with Gasteiger partial charge < -0.3 is 15.4 Å². The minimum absolute atomic E-state index is 0.400. The number of aryl methyl sites for hydroxylation is 2. The highest BCUT2D eigenvalue weighted by atomic mass is 32.1. The maximum absolute atomic E-state index is 5.77. The van der Waals surface area contributed by atoms with Gasteiger partial charge in [0, 0.05) is 18.3 Å². The predicted octanol–water partition coefficient (Wildman–Crippen LogP) is 4.37. The molecule has 0 aliphatic rings. The summed E-state index contributed by atoms with van der Waals surface area (Å²) in [7, 11) is 0. The third-order valence-corrected chi connectivity index (χ3v) is 3.84. The van der Waals surface area contributed by atoms with Gasteiger partial charge in [-0.25, -0.2) is 4.98 Å². The van der Waals surface area contributed by atoms with Crippen molar-refractivity contribution in [2.45, 2.75) is 20.4 Å². The van der Waals surface area contributed by atoms with E-state index < -0.39 is 0 Å². The Morgan fingerprint density at radius 2 is 1.73 bits per heavy atom. The van der Waals surface area contributed by atoms with Crippen LogP contribution in [0.25, 0.3) is 0 Å². The topological polar surface area (TPSA) is 59.1 Å². The Bertz CT molecular complexity index is 882. The summed E-state index contributed by atoms with van der Waals surface area (Å²) in [5, 5.41) is 6.62. The number of nitrogens with zero attached hydrogens (tertiary/aromatic N) is 2. The lowest BCUT2D eigenvalue weighted by Gasteiger charge is -2.11. The van der Waals surface area contributed by atoms with Crippen molar-refractivity contribution in [1.29, 1.82) is 0 Å². The number of rotatable bonds is 5. The summed E-state index contributed by atoms with van der Waals surface area (Å²) < 4.78 is 5.77. The van der Waals surface area contributed by atoms with Crippen LogP contribution in [0.15, 0.2) is 60.7 Å². The van der Waals surface area contributed by atoms with E-state index in [0.29, 0.717) is 23.5 Å². The first kappa shape index (κ1) is 17.8. The average molecular weight is 364 g/mol. The van der Waals surface area contributed by atoms with Crippen molar-refractivity contribution in [3.63, 3.8) is 0 Å². The summed E-state index contributed by atoms with van der Waals surface area (Å²) in [6, 6.07) is 19.6. The van der Waals surface area contributed by atoms with Gasteiger partial charge in [0.2, 0.25) is 11.8 Å². The fourth-order valence-electron chi connectivity index (χ4n) is 2.29. The van der Waals surface area contributed by atoms with Gasteiger partial charge in [0.15, 0.2) is 5.11 Å². The number of hydrogen-bond acceptors (Lipinski definition) is 4. The van der Waals surface area contributed by atoms with Crippen LogP contribution in [0, 0.1) is 13.8 Å². The highest BCUT2D eigenvalue weighted by Crippen LogP contribution is 2.20. The first-order chi connectivity index (χ1) is 12.6. The number of ether oxygens (including phenoxy) is 1. The Morgan fingerprint density at radius 3 is 2.46 bits per heavy atom. The second-order valence-electron chi connectivity index (χ2n) is 5.88. The van der Waals surface area contributed by atoms with Crippen LogP contribution in [0.5, 0.6) is 11.6 Å². The van der Waals surface area contributed by atoms with Crippen molar-refractivity contribution in [3.05, 3.63) is 77.5 Å². The molecule has 0 fully saturated rings.